The quantitative estimate of drug-likeness (QED) is 0.531. The molecule has 0 bridgehead atoms. The maximum atomic E-state index is 13.7. The molecule has 0 radical (unpaired) electrons. The number of hydrogen-bond acceptors (Lipinski definition) is 3. The highest BCUT2D eigenvalue weighted by Gasteiger charge is 2.43. The van der Waals surface area contributed by atoms with Crippen LogP contribution in [0.15, 0.2) is 60.7 Å². The van der Waals surface area contributed by atoms with E-state index in [4.69, 9.17) is 21.1 Å². The second-order valence-electron chi connectivity index (χ2n) is 7.63. The van der Waals surface area contributed by atoms with Gasteiger partial charge in [0.15, 0.2) is 0 Å². The van der Waals surface area contributed by atoms with Crippen LogP contribution in [0.3, 0.4) is 0 Å². The van der Waals surface area contributed by atoms with E-state index in [2.05, 4.69) is 12.2 Å². The first-order valence-electron chi connectivity index (χ1n) is 10.4. The van der Waals surface area contributed by atoms with Crippen molar-refractivity contribution < 1.29 is 14.3 Å². The summed E-state index contributed by atoms with van der Waals surface area (Å²) >= 11 is 6.52. The highest BCUT2D eigenvalue weighted by molar-refractivity contribution is 6.32. The molecule has 30 heavy (non-hydrogen) atoms. The molecular formula is C25H26ClNO3. The Kier molecular flexibility index (Phi) is 6.26. The lowest BCUT2D eigenvalue weighted by Gasteiger charge is -2.37. The molecule has 4 nitrogen and oxygen atoms in total. The number of nitrogens with one attached hydrogen (secondary N) is 1. The number of fused-ring (bicyclic) bond motifs is 1. The molecule has 4 rings (SSSR count). The Morgan fingerprint density at radius 2 is 1.73 bits per heavy atom. The van der Waals surface area contributed by atoms with E-state index in [0.717, 1.165) is 34.2 Å². The van der Waals surface area contributed by atoms with Crippen molar-refractivity contribution in [3.8, 4) is 5.75 Å². The van der Waals surface area contributed by atoms with Crippen LogP contribution in [0.2, 0.25) is 5.02 Å². The van der Waals surface area contributed by atoms with Crippen LogP contribution in [-0.4, -0.2) is 25.7 Å². The Bertz CT molecular complexity index is 1040. The van der Waals surface area contributed by atoms with Gasteiger partial charge in [0.1, 0.15) is 5.75 Å². The average Bonchev–Trinajstić information content (AvgIpc) is 2.79. The summed E-state index contributed by atoms with van der Waals surface area (Å²) in [4.78, 5) is 13.7. The fraction of sp³-hybridized carbons (Fsp3) is 0.320. The molecule has 1 saturated heterocycles. The lowest BCUT2D eigenvalue weighted by Crippen LogP contribution is -2.45. The number of benzene rings is 3. The van der Waals surface area contributed by atoms with Crippen LogP contribution >= 0.6 is 11.6 Å². The van der Waals surface area contributed by atoms with Gasteiger partial charge in [0.25, 0.3) is 0 Å². The van der Waals surface area contributed by atoms with Gasteiger partial charge in [-0.05, 0) is 43.0 Å². The largest absolute Gasteiger partial charge is 0.493 e. The zero-order valence-electron chi connectivity index (χ0n) is 17.1. The second-order valence-corrected chi connectivity index (χ2v) is 8.04. The number of ether oxygens (including phenoxy) is 2. The summed E-state index contributed by atoms with van der Waals surface area (Å²) < 4.78 is 11.5. The van der Waals surface area contributed by atoms with Gasteiger partial charge in [0.2, 0.25) is 5.91 Å². The third kappa shape index (κ3) is 3.90. The van der Waals surface area contributed by atoms with Crippen molar-refractivity contribution in [1.82, 2.24) is 0 Å². The van der Waals surface area contributed by atoms with Crippen LogP contribution in [0.4, 0.5) is 5.69 Å². The zero-order valence-corrected chi connectivity index (χ0v) is 17.9. The maximum absolute atomic E-state index is 13.7. The normalized spacial score (nSPS) is 15.7. The predicted molar refractivity (Wildman–Crippen MR) is 122 cm³/mol. The molecule has 0 aromatic heterocycles. The monoisotopic (exact) mass is 423 g/mol. The topological polar surface area (TPSA) is 47.6 Å². The first kappa shape index (κ1) is 20.7. The summed E-state index contributed by atoms with van der Waals surface area (Å²) in [5.74, 6) is 0.781. The highest BCUT2D eigenvalue weighted by Crippen LogP contribution is 2.40. The van der Waals surface area contributed by atoms with Gasteiger partial charge >= 0.3 is 0 Å². The molecule has 0 atom stereocenters. The molecule has 1 aliphatic heterocycles. The van der Waals surface area contributed by atoms with Crippen LogP contribution in [0.1, 0.15) is 31.7 Å². The SMILES string of the molecule is CCCOc1ccc(NC(=O)C2(c3ccccc3Cl)CCOCC2)c2ccccc12. The summed E-state index contributed by atoms with van der Waals surface area (Å²) in [6, 6.07) is 19.5. The van der Waals surface area contributed by atoms with Crippen molar-refractivity contribution in [3.63, 3.8) is 0 Å². The van der Waals surface area contributed by atoms with Crippen molar-refractivity contribution in [2.75, 3.05) is 25.1 Å². The van der Waals surface area contributed by atoms with Crippen molar-refractivity contribution in [2.24, 2.45) is 0 Å². The predicted octanol–water partition coefficient (Wildman–Crippen LogP) is 5.97. The third-order valence-corrected chi connectivity index (χ3v) is 6.09. The minimum Gasteiger partial charge on any atom is -0.493 e. The van der Waals surface area contributed by atoms with Gasteiger partial charge in [0.05, 0.1) is 12.0 Å². The van der Waals surface area contributed by atoms with Gasteiger partial charge in [-0.15, -0.1) is 0 Å². The molecule has 0 saturated carbocycles. The van der Waals surface area contributed by atoms with Gasteiger partial charge in [-0.1, -0.05) is 61.0 Å². The molecule has 0 spiro atoms. The van der Waals surface area contributed by atoms with Crippen LogP contribution in [0, 0.1) is 0 Å². The molecule has 1 heterocycles. The van der Waals surface area contributed by atoms with E-state index in [0.29, 0.717) is 37.7 Å². The number of amides is 1. The molecule has 1 aliphatic rings. The average molecular weight is 424 g/mol. The number of carbonyl (C=O) groups is 1. The fourth-order valence-corrected chi connectivity index (χ4v) is 4.46. The minimum absolute atomic E-state index is 0.0497. The van der Waals surface area contributed by atoms with Crippen LogP contribution in [0.25, 0.3) is 10.8 Å². The van der Waals surface area contributed by atoms with E-state index in [1.165, 1.54) is 0 Å². The van der Waals surface area contributed by atoms with Crippen LogP contribution in [0.5, 0.6) is 5.75 Å². The number of carbonyl (C=O) groups excluding carboxylic acids is 1. The molecule has 0 unspecified atom stereocenters. The van der Waals surface area contributed by atoms with E-state index in [9.17, 15) is 4.79 Å². The smallest absolute Gasteiger partial charge is 0.235 e. The minimum atomic E-state index is -0.713. The van der Waals surface area contributed by atoms with Crippen LogP contribution in [-0.2, 0) is 14.9 Å². The van der Waals surface area contributed by atoms with E-state index < -0.39 is 5.41 Å². The number of rotatable bonds is 6. The van der Waals surface area contributed by atoms with Gasteiger partial charge in [0, 0.05) is 34.7 Å². The zero-order chi connectivity index (χ0) is 21.0. The summed E-state index contributed by atoms with van der Waals surface area (Å²) in [7, 11) is 0. The Morgan fingerprint density at radius 1 is 1.03 bits per heavy atom. The second kappa shape index (κ2) is 9.07. The Labute approximate surface area is 182 Å². The number of hydrogen-bond donors (Lipinski definition) is 1. The van der Waals surface area contributed by atoms with Crippen molar-refractivity contribution in [3.05, 3.63) is 71.2 Å². The molecule has 156 valence electrons. The molecule has 3 aromatic rings. The molecule has 5 heteroatoms. The first-order valence-corrected chi connectivity index (χ1v) is 10.8. The Balaban J connectivity index is 1.72. The molecule has 1 fully saturated rings. The molecule has 1 amide bonds. The highest BCUT2D eigenvalue weighted by atomic mass is 35.5. The summed E-state index contributed by atoms with van der Waals surface area (Å²) in [5, 5.41) is 5.76. The standard InChI is InChI=1S/C25H26ClNO3/c1-2-15-30-23-12-11-22(18-7-3-4-8-19(18)23)27-24(28)25(13-16-29-17-14-25)20-9-5-6-10-21(20)26/h3-12H,2,13-17H2,1H3,(H,27,28). The lowest BCUT2D eigenvalue weighted by atomic mass is 9.73. The van der Waals surface area contributed by atoms with E-state index >= 15 is 0 Å². The van der Waals surface area contributed by atoms with E-state index in [1.807, 2.05) is 60.7 Å². The summed E-state index contributed by atoms with van der Waals surface area (Å²) in [5.41, 5.74) is 0.923. The lowest BCUT2D eigenvalue weighted by molar-refractivity contribution is -0.125. The Morgan fingerprint density at radius 3 is 2.47 bits per heavy atom. The summed E-state index contributed by atoms with van der Waals surface area (Å²) in [6.07, 6.45) is 2.13. The van der Waals surface area contributed by atoms with Crippen molar-refractivity contribution >= 4 is 34.0 Å². The first-order chi connectivity index (χ1) is 14.7. The molecule has 0 aliphatic carbocycles. The Hall–Kier alpha value is -2.56. The van der Waals surface area contributed by atoms with Crippen molar-refractivity contribution in [2.45, 2.75) is 31.6 Å². The molecule has 3 aromatic carbocycles. The molecular weight excluding hydrogens is 398 g/mol. The van der Waals surface area contributed by atoms with Crippen molar-refractivity contribution in [1.29, 1.82) is 0 Å². The molecule has 1 N–H and O–H groups in total. The van der Waals surface area contributed by atoms with Gasteiger partial charge in [-0.25, -0.2) is 0 Å². The third-order valence-electron chi connectivity index (χ3n) is 5.76. The van der Waals surface area contributed by atoms with Gasteiger partial charge < -0.3 is 14.8 Å². The number of halogens is 1. The van der Waals surface area contributed by atoms with E-state index in [-0.39, 0.29) is 5.91 Å². The van der Waals surface area contributed by atoms with Gasteiger partial charge in [-0.2, -0.15) is 0 Å². The summed E-state index contributed by atoms with van der Waals surface area (Å²) in [6.45, 7) is 3.80. The maximum Gasteiger partial charge on any atom is 0.235 e. The number of anilines is 1. The fourth-order valence-electron chi connectivity index (χ4n) is 4.15. The van der Waals surface area contributed by atoms with Crippen LogP contribution < -0.4 is 10.1 Å². The van der Waals surface area contributed by atoms with E-state index in [1.54, 1.807) is 0 Å². The van der Waals surface area contributed by atoms with Gasteiger partial charge in [-0.3, -0.25) is 4.79 Å².